The summed E-state index contributed by atoms with van der Waals surface area (Å²) in [6.07, 6.45) is 0. The highest BCUT2D eigenvalue weighted by Gasteiger charge is 2.04. The predicted octanol–water partition coefficient (Wildman–Crippen LogP) is 3.75. The smallest absolute Gasteiger partial charge is 0.124 e. The summed E-state index contributed by atoms with van der Waals surface area (Å²) in [4.78, 5) is 0. The second-order valence-electron chi connectivity index (χ2n) is 4.06. The Hall–Kier alpha value is -1.32. The molecule has 2 nitrogen and oxygen atoms in total. The van der Waals surface area contributed by atoms with Crippen LogP contribution < -0.4 is 10.1 Å². The van der Waals surface area contributed by atoms with Crippen LogP contribution in [-0.4, -0.2) is 7.05 Å². The first-order chi connectivity index (χ1) is 8.79. The van der Waals surface area contributed by atoms with E-state index in [2.05, 4.69) is 39.4 Å². The van der Waals surface area contributed by atoms with E-state index in [1.165, 1.54) is 5.56 Å². The van der Waals surface area contributed by atoms with E-state index in [0.29, 0.717) is 6.61 Å². The number of ether oxygens (including phenoxy) is 1. The molecule has 0 aliphatic heterocycles. The van der Waals surface area contributed by atoms with E-state index in [0.717, 1.165) is 22.3 Å². The summed E-state index contributed by atoms with van der Waals surface area (Å²) in [6, 6.07) is 16.3. The Bertz CT molecular complexity index is 499. The lowest BCUT2D eigenvalue weighted by atomic mass is 10.2. The Balaban J connectivity index is 2.09. The Morgan fingerprint density at radius 2 is 1.89 bits per heavy atom. The van der Waals surface area contributed by atoms with Gasteiger partial charge in [-0.2, -0.15) is 0 Å². The Labute approximate surface area is 116 Å². The molecular weight excluding hydrogens is 290 g/mol. The van der Waals surface area contributed by atoms with Gasteiger partial charge in [0.15, 0.2) is 0 Å². The van der Waals surface area contributed by atoms with Gasteiger partial charge in [-0.05, 0) is 30.8 Å². The van der Waals surface area contributed by atoms with Crippen molar-refractivity contribution in [1.29, 1.82) is 0 Å². The molecule has 0 amide bonds. The molecule has 0 unspecified atom stereocenters. The normalized spacial score (nSPS) is 10.3. The van der Waals surface area contributed by atoms with Gasteiger partial charge >= 0.3 is 0 Å². The van der Waals surface area contributed by atoms with Crippen LogP contribution in [0.3, 0.4) is 0 Å². The molecule has 0 aliphatic rings. The van der Waals surface area contributed by atoms with Crippen molar-refractivity contribution in [3.05, 3.63) is 64.1 Å². The molecule has 0 bridgehead atoms. The van der Waals surface area contributed by atoms with Crippen LogP contribution in [0.4, 0.5) is 0 Å². The Kier molecular flexibility index (Phi) is 4.79. The lowest BCUT2D eigenvalue weighted by Crippen LogP contribution is -2.07. The van der Waals surface area contributed by atoms with Crippen molar-refractivity contribution in [3.8, 4) is 5.75 Å². The van der Waals surface area contributed by atoms with Gasteiger partial charge in [-0.3, -0.25) is 0 Å². The maximum Gasteiger partial charge on any atom is 0.124 e. The first-order valence-corrected chi connectivity index (χ1v) is 6.68. The fraction of sp³-hybridized carbons (Fsp3) is 0.200. The van der Waals surface area contributed by atoms with Crippen molar-refractivity contribution in [2.75, 3.05) is 7.05 Å². The zero-order valence-electron chi connectivity index (χ0n) is 10.3. The maximum atomic E-state index is 5.87. The lowest BCUT2D eigenvalue weighted by Gasteiger charge is -2.12. The average Bonchev–Trinajstić information content (AvgIpc) is 2.39. The summed E-state index contributed by atoms with van der Waals surface area (Å²) in [7, 11) is 1.93. The molecule has 0 spiro atoms. The summed E-state index contributed by atoms with van der Waals surface area (Å²) in [5, 5.41) is 3.15. The highest BCUT2D eigenvalue weighted by molar-refractivity contribution is 9.10. The van der Waals surface area contributed by atoms with Crippen LogP contribution in [0.5, 0.6) is 5.75 Å². The molecule has 94 valence electrons. The minimum atomic E-state index is 0.596. The van der Waals surface area contributed by atoms with Crippen LogP contribution >= 0.6 is 15.9 Å². The van der Waals surface area contributed by atoms with Crippen molar-refractivity contribution in [2.24, 2.45) is 0 Å². The summed E-state index contributed by atoms with van der Waals surface area (Å²) < 4.78 is 6.94. The topological polar surface area (TPSA) is 21.3 Å². The molecule has 2 aromatic carbocycles. The van der Waals surface area contributed by atoms with Crippen molar-refractivity contribution in [2.45, 2.75) is 13.2 Å². The van der Waals surface area contributed by atoms with Gasteiger partial charge in [0.1, 0.15) is 12.4 Å². The highest BCUT2D eigenvalue weighted by Crippen LogP contribution is 2.24. The van der Waals surface area contributed by atoms with Crippen molar-refractivity contribution >= 4 is 15.9 Å². The van der Waals surface area contributed by atoms with Gasteiger partial charge in [0, 0.05) is 16.6 Å². The molecule has 0 heterocycles. The van der Waals surface area contributed by atoms with E-state index in [9.17, 15) is 0 Å². The fourth-order valence-corrected chi connectivity index (χ4v) is 2.16. The zero-order valence-corrected chi connectivity index (χ0v) is 11.9. The van der Waals surface area contributed by atoms with Gasteiger partial charge in [0.25, 0.3) is 0 Å². The second-order valence-corrected chi connectivity index (χ2v) is 4.97. The van der Waals surface area contributed by atoms with Crippen LogP contribution in [0.2, 0.25) is 0 Å². The summed E-state index contributed by atoms with van der Waals surface area (Å²) in [5.74, 6) is 0.927. The third kappa shape index (κ3) is 3.59. The van der Waals surface area contributed by atoms with Crippen LogP contribution in [0.15, 0.2) is 53.0 Å². The second kappa shape index (κ2) is 6.57. The number of hydrogen-bond donors (Lipinski definition) is 1. The maximum absolute atomic E-state index is 5.87. The first-order valence-electron chi connectivity index (χ1n) is 5.89. The van der Waals surface area contributed by atoms with Gasteiger partial charge in [-0.15, -0.1) is 0 Å². The van der Waals surface area contributed by atoms with E-state index < -0.39 is 0 Å². The van der Waals surface area contributed by atoms with Gasteiger partial charge in [0.05, 0.1) is 0 Å². The molecule has 0 aliphatic carbocycles. The van der Waals surface area contributed by atoms with Crippen LogP contribution in [0.1, 0.15) is 11.1 Å². The number of benzene rings is 2. The largest absolute Gasteiger partial charge is 0.489 e. The van der Waals surface area contributed by atoms with Crippen molar-refractivity contribution < 1.29 is 4.74 Å². The molecule has 0 saturated carbocycles. The minimum Gasteiger partial charge on any atom is -0.489 e. The quantitative estimate of drug-likeness (QED) is 0.908. The van der Waals surface area contributed by atoms with Gasteiger partial charge < -0.3 is 10.1 Å². The summed E-state index contributed by atoms with van der Waals surface area (Å²) >= 11 is 3.48. The van der Waals surface area contributed by atoms with E-state index in [-0.39, 0.29) is 0 Å². The van der Waals surface area contributed by atoms with Crippen LogP contribution in [0, 0.1) is 0 Å². The SMILES string of the molecule is CNCc1cc(Br)ccc1OCc1ccccc1. The lowest BCUT2D eigenvalue weighted by molar-refractivity contribution is 0.302. The summed E-state index contributed by atoms with van der Waals surface area (Å²) in [5.41, 5.74) is 2.33. The number of nitrogens with one attached hydrogen (secondary N) is 1. The van der Waals surface area contributed by atoms with Crippen LogP contribution in [0.25, 0.3) is 0 Å². The van der Waals surface area contributed by atoms with E-state index >= 15 is 0 Å². The highest BCUT2D eigenvalue weighted by atomic mass is 79.9. The van der Waals surface area contributed by atoms with Crippen LogP contribution in [-0.2, 0) is 13.2 Å². The first kappa shape index (κ1) is 13.1. The molecule has 18 heavy (non-hydrogen) atoms. The number of rotatable bonds is 5. The minimum absolute atomic E-state index is 0.596. The zero-order chi connectivity index (χ0) is 12.8. The Morgan fingerprint density at radius 1 is 1.11 bits per heavy atom. The molecule has 1 N–H and O–H groups in total. The molecule has 0 radical (unpaired) electrons. The van der Waals surface area contributed by atoms with Gasteiger partial charge in [-0.25, -0.2) is 0 Å². The molecule has 3 heteroatoms. The fourth-order valence-electron chi connectivity index (χ4n) is 1.75. The molecule has 2 aromatic rings. The van der Waals surface area contributed by atoms with E-state index in [4.69, 9.17) is 4.74 Å². The molecule has 0 saturated heterocycles. The van der Waals surface area contributed by atoms with E-state index in [1.807, 2.05) is 37.4 Å². The molecule has 0 aromatic heterocycles. The molecular formula is C15H16BrNO. The number of halogens is 1. The van der Waals surface area contributed by atoms with Crippen molar-refractivity contribution in [3.63, 3.8) is 0 Å². The van der Waals surface area contributed by atoms with Gasteiger partial charge in [-0.1, -0.05) is 46.3 Å². The standard InChI is InChI=1S/C15H16BrNO/c1-17-10-13-9-14(16)7-8-15(13)18-11-12-5-3-2-4-6-12/h2-9,17H,10-11H2,1H3. The average molecular weight is 306 g/mol. The molecule has 2 rings (SSSR count). The van der Waals surface area contributed by atoms with Crippen molar-refractivity contribution in [1.82, 2.24) is 5.32 Å². The predicted molar refractivity (Wildman–Crippen MR) is 77.7 cm³/mol. The monoisotopic (exact) mass is 305 g/mol. The van der Waals surface area contributed by atoms with E-state index in [1.54, 1.807) is 0 Å². The number of hydrogen-bond acceptors (Lipinski definition) is 2. The Morgan fingerprint density at radius 3 is 2.61 bits per heavy atom. The van der Waals surface area contributed by atoms with Gasteiger partial charge in [0.2, 0.25) is 0 Å². The molecule has 0 atom stereocenters. The summed E-state index contributed by atoms with van der Waals surface area (Å²) in [6.45, 7) is 1.39. The molecule has 0 fully saturated rings. The third-order valence-electron chi connectivity index (χ3n) is 2.63. The third-order valence-corrected chi connectivity index (χ3v) is 3.12.